The number of nitrogens with one attached hydrogen (secondary N) is 1. The van der Waals surface area contributed by atoms with Crippen molar-refractivity contribution in [2.45, 2.75) is 25.2 Å². The number of aliphatic hydroxyl groups is 1. The van der Waals surface area contributed by atoms with Gasteiger partial charge in [0.05, 0.1) is 13.2 Å². The minimum Gasteiger partial charge on any atom is -0.361 e. The van der Waals surface area contributed by atoms with Crippen LogP contribution in [0.2, 0.25) is 5.02 Å². The third-order valence-corrected chi connectivity index (χ3v) is 2.99. The second kappa shape index (κ2) is 4.00. The molecule has 1 aliphatic heterocycles. The van der Waals surface area contributed by atoms with Crippen LogP contribution in [0.5, 0.6) is 0 Å². The molecular formula is C12H16ClNO2. The van der Waals surface area contributed by atoms with Gasteiger partial charge < -0.3 is 15.2 Å². The van der Waals surface area contributed by atoms with Crippen LogP contribution in [-0.2, 0) is 10.5 Å². The lowest BCUT2D eigenvalue weighted by atomic mass is 9.99. The first-order chi connectivity index (χ1) is 7.41. The predicted molar refractivity (Wildman–Crippen MR) is 63.4 cm³/mol. The minimum absolute atomic E-state index is 0.106. The molecule has 2 N–H and O–H groups in total. The summed E-state index contributed by atoms with van der Waals surface area (Å²) < 4.78 is 5.56. The molecule has 1 fully saturated rings. The lowest BCUT2D eigenvalue weighted by Crippen LogP contribution is -2.58. The Morgan fingerprint density at radius 3 is 2.75 bits per heavy atom. The quantitative estimate of drug-likeness (QED) is 0.789. The number of β-amino-alcohol motifs (C(OH)–C–C–N with tert-alkyl or cyclic N) is 1. The molecule has 1 aromatic carbocycles. The van der Waals surface area contributed by atoms with Crippen molar-refractivity contribution in [1.29, 1.82) is 0 Å². The van der Waals surface area contributed by atoms with E-state index in [9.17, 15) is 5.11 Å². The van der Waals surface area contributed by atoms with Crippen LogP contribution in [0.4, 0.5) is 0 Å². The number of hydrogen-bond donors (Lipinski definition) is 2. The molecule has 1 unspecified atom stereocenters. The van der Waals surface area contributed by atoms with E-state index >= 15 is 0 Å². The Bertz CT molecular complexity index is 382. The summed E-state index contributed by atoms with van der Waals surface area (Å²) in [6.45, 7) is 4.88. The van der Waals surface area contributed by atoms with Crippen LogP contribution in [0.15, 0.2) is 24.3 Å². The molecule has 0 aliphatic carbocycles. The Kier molecular flexibility index (Phi) is 2.97. The number of hydrogen-bond acceptors (Lipinski definition) is 3. The first-order valence-electron chi connectivity index (χ1n) is 5.29. The number of halogens is 1. The normalized spacial score (nSPS) is 29.0. The van der Waals surface area contributed by atoms with Crippen LogP contribution in [-0.4, -0.2) is 23.8 Å². The summed E-state index contributed by atoms with van der Waals surface area (Å²) >= 11 is 5.90. The number of ether oxygens (including phenoxy) is 1. The van der Waals surface area contributed by atoms with Crippen molar-refractivity contribution in [3.05, 3.63) is 34.9 Å². The lowest BCUT2D eigenvalue weighted by Gasteiger charge is -2.41. The standard InChI is InChI=1S/C12H16ClNO2/c1-11(2)8-16-12(15,7-14-11)9-4-3-5-10(13)6-9/h3-6,14-15H,7-8H2,1-2H3. The van der Waals surface area contributed by atoms with Crippen LogP contribution in [0.25, 0.3) is 0 Å². The van der Waals surface area contributed by atoms with Crippen LogP contribution < -0.4 is 5.32 Å². The van der Waals surface area contributed by atoms with E-state index in [0.29, 0.717) is 23.7 Å². The molecule has 0 spiro atoms. The van der Waals surface area contributed by atoms with Crippen molar-refractivity contribution in [3.63, 3.8) is 0 Å². The molecule has 0 aromatic heterocycles. The zero-order valence-corrected chi connectivity index (χ0v) is 10.2. The maximum Gasteiger partial charge on any atom is 0.205 e. The van der Waals surface area contributed by atoms with Gasteiger partial charge in [0.1, 0.15) is 0 Å². The third-order valence-electron chi connectivity index (χ3n) is 2.75. The zero-order valence-electron chi connectivity index (χ0n) is 9.46. The van der Waals surface area contributed by atoms with Crippen LogP contribution in [0.1, 0.15) is 19.4 Å². The van der Waals surface area contributed by atoms with E-state index in [2.05, 4.69) is 5.32 Å². The fraction of sp³-hybridized carbons (Fsp3) is 0.500. The maximum atomic E-state index is 10.4. The lowest BCUT2D eigenvalue weighted by molar-refractivity contribution is -0.241. The van der Waals surface area contributed by atoms with E-state index in [1.54, 1.807) is 18.2 Å². The van der Waals surface area contributed by atoms with Gasteiger partial charge in [-0.2, -0.15) is 0 Å². The van der Waals surface area contributed by atoms with Crippen molar-refractivity contribution >= 4 is 11.6 Å². The van der Waals surface area contributed by atoms with Gasteiger partial charge in [0.2, 0.25) is 5.79 Å². The third kappa shape index (κ3) is 2.38. The average Bonchev–Trinajstić information content (AvgIpc) is 2.23. The minimum atomic E-state index is -1.28. The second-order valence-corrected chi connectivity index (χ2v) is 5.26. The summed E-state index contributed by atoms with van der Waals surface area (Å²) in [5.74, 6) is -1.28. The highest BCUT2D eigenvalue weighted by molar-refractivity contribution is 6.30. The summed E-state index contributed by atoms with van der Waals surface area (Å²) in [4.78, 5) is 0. The van der Waals surface area contributed by atoms with Gasteiger partial charge in [0.15, 0.2) is 0 Å². The van der Waals surface area contributed by atoms with E-state index in [-0.39, 0.29) is 5.54 Å². The largest absolute Gasteiger partial charge is 0.361 e. The summed E-state index contributed by atoms with van der Waals surface area (Å²) in [6.07, 6.45) is 0. The van der Waals surface area contributed by atoms with E-state index in [1.807, 2.05) is 19.9 Å². The molecule has 0 radical (unpaired) electrons. The van der Waals surface area contributed by atoms with Crippen molar-refractivity contribution < 1.29 is 9.84 Å². The highest BCUT2D eigenvalue weighted by Crippen LogP contribution is 2.29. The molecule has 1 aliphatic rings. The average molecular weight is 242 g/mol. The van der Waals surface area contributed by atoms with E-state index in [1.165, 1.54) is 0 Å². The Hall–Kier alpha value is -0.610. The van der Waals surface area contributed by atoms with Crippen LogP contribution >= 0.6 is 11.6 Å². The Balaban J connectivity index is 2.21. The van der Waals surface area contributed by atoms with E-state index < -0.39 is 5.79 Å². The summed E-state index contributed by atoms with van der Waals surface area (Å²) in [7, 11) is 0. The summed E-state index contributed by atoms with van der Waals surface area (Å²) in [5.41, 5.74) is 0.577. The van der Waals surface area contributed by atoms with Gasteiger partial charge in [-0.05, 0) is 26.0 Å². The van der Waals surface area contributed by atoms with Gasteiger partial charge in [-0.1, -0.05) is 23.7 Å². The Morgan fingerprint density at radius 2 is 2.19 bits per heavy atom. The van der Waals surface area contributed by atoms with Crippen molar-refractivity contribution in [2.75, 3.05) is 13.2 Å². The molecule has 1 atom stereocenters. The molecule has 4 heteroatoms. The molecule has 1 aromatic rings. The highest BCUT2D eigenvalue weighted by Gasteiger charge is 2.38. The fourth-order valence-corrected chi connectivity index (χ4v) is 1.87. The fourth-order valence-electron chi connectivity index (χ4n) is 1.68. The monoisotopic (exact) mass is 241 g/mol. The number of benzene rings is 1. The van der Waals surface area contributed by atoms with E-state index in [0.717, 1.165) is 0 Å². The molecule has 88 valence electrons. The molecule has 3 nitrogen and oxygen atoms in total. The topological polar surface area (TPSA) is 41.5 Å². The van der Waals surface area contributed by atoms with Gasteiger partial charge >= 0.3 is 0 Å². The number of morpholine rings is 1. The Morgan fingerprint density at radius 1 is 1.44 bits per heavy atom. The zero-order chi connectivity index (χ0) is 11.8. The van der Waals surface area contributed by atoms with Crippen LogP contribution in [0, 0.1) is 0 Å². The van der Waals surface area contributed by atoms with Crippen molar-refractivity contribution in [3.8, 4) is 0 Å². The molecule has 2 rings (SSSR count). The molecule has 0 bridgehead atoms. The molecule has 1 heterocycles. The van der Waals surface area contributed by atoms with Gasteiger partial charge in [-0.25, -0.2) is 0 Å². The first kappa shape index (κ1) is 11.9. The van der Waals surface area contributed by atoms with Crippen LogP contribution in [0.3, 0.4) is 0 Å². The van der Waals surface area contributed by atoms with E-state index in [4.69, 9.17) is 16.3 Å². The number of rotatable bonds is 1. The maximum absolute atomic E-state index is 10.4. The molecule has 16 heavy (non-hydrogen) atoms. The van der Waals surface area contributed by atoms with Gasteiger partial charge in [-0.3, -0.25) is 0 Å². The molecule has 1 saturated heterocycles. The second-order valence-electron chi connectivity index (χ2n) is 4.82. The Labute approximate surface area is 100 Å². The van der Waals surface area contributed by atoms with Crippen molar-refractivity contribution in [2.24, 2.45) is 0 Å². The summed E-state index contributed by atoms with van der Waals surface area (Å²) in [5, 5.41) is 14.2. The van der Waals surface area contributed by atoms with Gasteiger partial charge in [0.25, 0.3) is 0 Å². The van der Waals surface area contributed by atoms with Crippen molar-refractivity contribution in [1.82, 2.24) is 5.32 Å². The van der Waals surface area contributed by atoms with Gasteiger partial charge in [0, 0.05) is 16.1 Å². The molecule has 0 saturated carbocycles. The molecular weight excluding hydrogens is 226 g/mol. The SMILES string of the molecule is CC1(C)COC(O)(c2cccc(Cl)c2)CN1. The highest BCUT2D eigenvalue weighted by atomic mass is 35.5. The molecule has 0 amide bonds. The summed E-state index contributed by atoms with van der Waals surface area (Å²) in [6, 6.07) is 7.11. The smallest absolute Gasteiger partial charge is 0.205 e. The first-order valence-corrected chi connectivity index (χ1v) is 5.67. The van der Waals surface area contributed by atoms with Gasteiger partial charge in [-0.15, -0.1) is 0 Å². The predicted octanol–water partition coefficient (Wildman–Crippen LogP) is 1.88.